The van der Waals surface area contributed by atoms with Crippen LogP contribution in [0.1, 0.15) is 28.8 Å². The van der Waals surface area contributed by atoms with Crippen LogP contribution in [-0.2, 0) is 27.5 Å². The standard InChI is InChI=1S/C20H26N2O3S.2CH2O2/c1-15-3-9-26-18(15)12-22-11-17(19(23)24)20(14-22)4-6-21(7-5-20)10-16-2-8-25-13-16;2*2-1-3/h2-3,8-9,13,17H,4-7,10-12,14H2,1H3,(H,23,24);2*1H,(H,2,3). The fraction of sp³-hybridized carbons (Fsp3) is 0.500. The molecule has 0 saturated carbocycles. The van der Waals surface area contributed by atoms with Crippen molar-refractivity contribution in [1.82, 2.24) is 9.80 Å². The van der Waals surface area contributed by atoms with Crippen LogP contribution in [0.2, 0.25) is 0 Å². The van der Waals surface area contributed by atoms with E-state index in [1.165, 1.54) is 16.0 Å². The third-order valence-electron chi connectivity index (χ3n) is 6.19. The molecule has 9 nitrogen and oxygen atoms in total. The Balaban J connectivity index is 0.000000547. The predicted octanol–water partition coefficient (Wildman–Crippen LogP) is 2.85. The maximum atomic E-state index is 12.0. The Morgan fingerprint density at radius 3 is 2.34 bits per heavy atom. The number of furan rings is 1. The van der Waals surface area contributed by atoms with Crippen LogP contribution in [0.5, 0.6) is 0 Å². The van der Waals surface area contributed by atoms with Crippen LogP contribution in [-0.4, -0.2) is 70.2 Å². The van der Waals surface area contributed by atoms with Gasteiger partial charge in [-0.25, -0.2) is 0 Å². The van der Waals surface area contributed by atoms with E-state index in [1.54, 1.807) is 23.9 Å². The zero-order chi connectivity index (χ0) is 23.6. The van der Waals surface area contributed by atoms with Gasteiger partial charge in [-0.3, -0.25) is 24.2 Å². The first kappa shape index (κ1) is 25.6. The van der Waals surface area contributed by atoms with Crippen molar-refractivity contribution in [2.24, 2.45) is 11.3 Å². The average molecular weight is 467 g/mol. The molecule has 4 rings (SSSR count). The molecule has 0 bridgehead atoms. The van der Waals surface area contributed by atoms with E-state index in [9.17, 15) is 9.90 Å². The number of carbonyl (C=O) groups is 3. The molecule has 3 N–H and O–H groups in total. The highest BCUT2D eigenvalue weighted by molar-refractivity contribution is 7.10. The molecule has 176 valence electrons. The molecule has 2 aromatic heterocycles. The lowest BCUT2D eigenvalue weighted by molar-refractivity contribution is -0.146. The minimum atomic E-state index is -0.626. The van der Waals surface area contributed by atoms with Gasteiger partial charge in [-0.1, -0.05) is 0 Å². The van der Waals surface area contributed by atoms with Gasteiger partial charge in [0, 0.05) is 42.0 Å². The number of thiophene rings is 1. The summed E-state index contributed by atoms with van der Waals surface area (Å²) in [6, 6.07) is 4.15. The van der Waals surface area contributed by atoms with Crippen molar-refractivity contribution in [2.45, 2.75) is 32.9 Å². The highest BCUT2D eigenvalue weighted by Gasteiger charge is 2.51. The van der Waals surface area contributed by atoms with Crippen molar-refractivity contribution in [1.29, 1.82) is 0 Å². The summed E-state index contributed by atoms with van der Waals surface area (Å²) in [7, 11) is 0. The van der Waals surface area contributed by atoms with Gasteiger partial charge >= 0.3 is 5.97 Å². The summed E-state index contributed by atoms with van der Waals surface area (Å²) in [5, 5.41) is 25.8. The molecule has 0 amide bonds. The minimum Gasteiger partial charge on any atom is -0.483 e. The number of aliphatic carboxylic acids is 1. The largest absolute Gasteiger partial charge is 0.483 e. The average Bonchev–Trinajstić information content (AvgIpc) is 3.48. The lowest BCUT2D eigenvalue weighted by Crippen LogP contribution is -2.45. The Morgan fingerprint density at radius 2 is 1.84 bits per heavy atom. The summed E-state index contributed by atoms with van der Waals surface area (Å²) in [5.41, 5.74) is 2.43. The van der Waals surface area contributed by atoms with E-state index in [0.717, 1.165) is 45.6 Å². The third kappa shape index (κ3) is 6.65. The first-order chi connectivity index (χ1) is 15.4. The number of hydrogen-bond donors (Lipinski definition) is 3. The van der Waals surface area contributed by atoms with E-state index in [1.807, 2.05) is 6.07 Å². The first-order valence-electron chi connectivity index (χ1n) is 10.3. The highest BCUT2D eigenvalue weighted by Crippen LogP contribution is 2.45. The van der Waals surface area contributed by atoms with E-state index >= 15 is 0 Å². The van der Waals surface area contributed by atoms with Gasteiger partial charge in [0.1, 0.15) is 0 Å². The summed E-state index contributed by atoms with van der Waals surface area (Å²) >= 11 is 1.78. The van der Waals surface area contributed by atoms with Gasteiger partial charge in [-0.15, -0.1) is 11.3 Å². The molecule has 0 radical (unpaired) electrons. The van der Waals surface area contributed by atoms with Crippen molar-refractivity contribution in [3.63, 3.8) is 0 Å². The number of rotatable bonds is 5. The second-order valence-corrected chi connectivity index (χ2v) is 9.07. The molecule has 0 aromatic carbocycles. The van der Waals surface area contributed by atoms with E-state index in [4.69, 9.17) is 24.2 Å². The Morgan fingerprint density at radius 1 is 1.19 bits per heavy atom. The molecule has 2 saturated heterocycles. The van der Waals surface area contributed by atoms with E-state index in [0.29, 0.717) is 6.54 Å². The fourth-order valence-corrected chi connectivity index (χ4v) is 5.55. The van der Waals surface area contributed by atoms with Crippen LogP contribution < -0.4 is 0 Å². The SMILES string of the molecule is Cc1ccsc1CN1CC(C(=O)O)C2(CCN(Cc3ccoc3)CC2)C1.O=CO.O=CO. The Labute approximate surface area is 190 Å². The zero-order valence-electron chi connectivity index (χ0n) is 18.1. The van der Waals surface area contributed by atoms with Crippen LogP contribution in [0.3, 0.4) is 0 Å². The molecule has 32 heavy (non-hydrogen) atoms. The fourth-order valence-electron chi connectivity index (χ4n) is 4.61. The molecule has 1 atom stereocenters. The molecule has 1 unspecified atom stereocenters. The van der Waals surface area contributed by atoms with Gasteiger partial charge in [0.15, 0.2) is 0 Å². The Bertz CT molecular complexity index is 838. The summed E-state index contributed by atoms with van der Waals surface area (Å²) < 4.78 is 5.16. The quantitative estimate of drug-likeness (QED) is 0.569. The van der Waals surface area contributed by atoms with Crippen molar-refractivity contribution >= 4 is 30.3 Å². The monoisotopic (exact) mass is 466 g/mol. The maximum Gasteiger partial charge on any atom is 0.308 e. The molecule has 2 aliphatic heterocycles. The summed E-state index contributed by atoms with van der Waals surface area (Å²) in [5.74, 6) is -0.877. The van der Waals surface area contributed by atoms with Crippen LogP contribution in [0.4, 0.5) is 0 Å². The van der Waals surface area contributed by atoms with E-state index in [-0.39, 0.29) is 24.3 Å². The molecule has 4 heterocycles. The van der Waals surface area contributed by atoms with Crippen LogP contribution in [0.25, 0.3) is 0 Å². The lowest BCUT2D eigenvalue weighted by Gasteiger charge is -2.41. The zero-order valence-corrected chi connectivity index (χ0v) is 18.9. The smallest absolute Gasteiger partial charge is 0.308 e. The summed E-state index contributed by atoms with van der Waals surface area (Å²) in [6.45, 7) is 6.91. The number of aryl methyl sites for hydroxylation is 1. The number of carboxylic acids is 1. The normalized spacial score (nSPS) is 20.0. The maximum absolute atomic E-state index is 12.0. The number of carboxylic acid groups (broad SMARTS) is 3. The second kappa shape index (κ2) is 12.4. The molecule has 10 heteroatoms. The van der Waals surface area contributed by atoms with Gasteiger partial charge in [0.05, 0.1) is 18.4 Å². The summed E-state index contributed by atoms with van der Waals surface area (Å²) in [4.78, 5) is 34.8. The number of likely N-dealkylation sites (tertiary alicyclic amines) is 2. The van der Waals surface area contributed by atoms with Crippen molar-refractivity contribution < 1.29 is 34.1 Å². The van der Waals surface area contributed by atoms with Gasteiger partial charge < -0.3 is 19.7 Å². The first-order valence-corrected chi connectivity index (χ1v) is 11.1. The lowest BCUT2D eigenvalue weighted by atomic mass is 9.71. The van der Waals surface area contributed by atoms with Gasteiger partial charge in [-0.2, -0.15) is 0 Å². The molecular weight excluding hydrogens is 436 g/mol. The number of hydrogen-bond acceptors (Lipinski definition) is 7. The number of piperidine rings is 1. The van der Waals surface area contributed by atoms with Gasteiger partial charge in [0.2, 0.25) is 0 Å². The van der Waals surface area contributed by atoms with Crippen molar-refractivity contribution in [2.75, 3.05) is 26.2 Å². The highest BCUT2D eigenvalue weighted by atomic mass is 32.1. The molecule has 2 aliphatic rings. The minimum absolute atomic E-state index is 0.0795. The molecule has 0 aliphatic carbocycles. The third-order valence-corrected chi connectivity index (χ3v) is 7.20. The van der Waals surface area contributed by atoms with E-state index in [2.05, 4.69) is 28.2 Å². The predicted molar refractivity (Wildman–Crippen MR) is 118 cm³/mol. The van der Waals surface area contributed by atoms with Crippen LogP contribution in [0, 0.1) is 18.3 Å². The molecule has 1 spiro atoms. The molecule has 2 aromatic rings. The van der Waals surface area contributed by atoms with Gasteiger partial charge in [-0.05, 0) is 55.9 Å². The van der Waals surface area contributed by atoms with Crippen molar-refractivity contribution in [3.05, 3.63) is 46.0 Å². The summed E-state index contributed by atoms with van der Waals surface area (Å²) in [6.07, 6.45) is 5.43. The van der Waals surface area contributed by atoms with Crippen LogP contribution >= 0.6 is 11.3 Å². The van der Waals surface area contributed by atoms with Crippen molar-refractivity contribution in [3.8, 4) is 0 Å². The number of nitrogens with zero attached hydrogens (tertiary/aromatic N) is 2. The Kier molecular flexibility index (Phi) is 9.89. The van der Waals surface area contributed by atoms with E-state index < -0.39 is 5.97 Å². The topological polar surface area (TPSA) is 132 Å². The van der Waals surface area contributed by atoms with Crippen LogP contribution in [0.15, 0.2) is 34.5 Å². The molecule has 2 fully saturated rings. The molecular formula is C22H30N2O7S. The second-order valence-electron chi connectivity index (χ2n) is 8.07. The Hall–Kier alpha value is -2.69. The van der Waals surface area contributed by atoms with Gasteiger partial charge in [0.25, 0.3) is 12.9 Å².